The summed E-state index contributed by atoms with van der Waals surface area (Å²) in [6.07, 6.45) is 2.00. The van der Waals surface area contributed by atoms with E-state index < -0.39 is 0 Å². The molecule has 1 heterocycles. The second kappa shape index (κ2) is 3.79. The molecule has 0 unspecified atom stereocenters. The second-order valence-electron chi connectivity index (χ2n) is 5.16. The van der Waals surface area contributed by atoms with Crippen LogP contribution in [0.4, 0.5) is 4.79 Å². The Balaban J connectivity index is 2.60. The minimum atomic E-state index is -0.390. The molecule has 82 valence electrons. The van der Waals surface area contributed by atoms with Crippen LogP contribution >= 0.6 is 0 Å². The van der Waals surface area contributed by atoms with E-state index in [1.165, 1.54) is 0 Å². The molecule has 0 aromatic carbocycles. The fraction of sp³-hybridized carbons (Fsp3) is 0.909. The summed E-state index contributed by atoms with van der Waals surface area (Å²) in [6.45, 7) is 9.85. The van der Waals surface area contributed by atoms with Crippen molar-refractivity contribution in [3.63, 3.8) is 0 Å². The van der Waals surface area contributed by atoms with E-state index in [2.05, 4.69) is 13.8 Å². The Kier molecular flexibility index (Phi) is 3.07. The molecule has 0 aliphatic carbocycles. The lowest BCUT2D eigenvalue weighted by atomic mass is 10.2. The first-order chi connectivity index (χ1) is 6.31. The molecule has 0 spiro atoms. The molecule has 1 fully saturated rings. The van der Waals surface area contributed by atoms with Gasteiger partial charge in [0.1, 0.15) is 5.60 Å². The van der Waals surface area contributed by atoms with Gasteiger partial charge in [0, 0.05) is 12.1 Å². The van der Waals surface area contributed by atoms with Crippen LogP contribution < -0.4 is 0 Å². The summed E-state index contributed by atoms with van der Waals surface area (Å²) in [4.78, 5) is 13.6. The van der Waals surface area contributed by atoms with Crippen LogP contribution in [-0.4, -0.2) is 28.7 Å². The molecule has 1 aliphatic heterocycles. The van der Waals surface area contributed by atoms with E-state index in [9.17, 15) is 4.79 Å². The number of amides is 1. The number of ether oxygens (including phenoxy) is 1. The van der Waals surface area contributed by atoms with Crippen molar-refractivity contribution >= 4 is 6.09 Å². The maximum absolute atomic E-state index is 11.8. The van der Waals surface area contributed by atoms with E-state index in [1.54, 1.807) is 0 Å². The first-order valence-corrected chi connectivity index (χ1v) is 5.32. The number of likely N-dealkylation sites (tertiary alicyclic amines) is 1. The van der Waals surface area contributed by atoms with Gasteiger partial charge in [-0.15, -0.1) is 0 Å². The first kappa shape index (κ1) is 11.3. The van der Waals surface area contributed by atoms with Gasteiger partial charge in [-0.1, -0.05) is 0 Å². The van der Waals surface area contributed by atoms with Gasteiger partial charge >= 0.3 is 6.09 Å². The van der Waals surface area contributed by atoms with Crippen LogP contribution in [-0.2, 0) is 4.74 Å². The molecule has 1 saturated heterocycles. The zero-order valence-corrected chi connectivity index (χ0v) is 9.83. The van der Waals surface area contributed by atoms with Crippen molar-refractivity contribution in [1.29, 1.82) is 0 Å². The minimum absolute atomic E-state index is 0.171. The van der Waals surface area contributed by atoms with Crippen LogP contribution in [0, 0.1) is 0 Å². The van der Waals surface area contributed by atoms with Gasteiger partial charge in [0.2, 0.25) is 0 Å². The van der Waals surface area contributed by atoms with Crippen LogP contribution in [0.25, 0.3) is 0 Å². The topological polar surface area (TPSA) is 29.5 Å². The van der Waals surface area contributed by atoms with E-state index in [0.29, 0.717) is 12.1 Å². The third-order valence-corrected chi connectivity index (χ3v) is 2.56. The largest absolute Gasteiger partial charge is 0.444 e. The van der Waals surface area contributed by atoms with Gasteiger partial charge in [-0.3, -0.25) is 0 Å². The standard InChI is InChI=1S/C11H21NO2/c1-8-6-7-9(2)12(8)10(13)14-11(3,4)5/h8-9H,6-7H2,1-5H3/t8-,9+. The Bertz CT molecular complexity index is 210. The third kappa shape index (κ3) is 2.63. The molecule has 0 aromatic rings. The zero-order chi connectivity index (χ0) is 10.9. The van der Waals surface area contributed by atoms with E-state index in [4.69, 9.17) is 4.74 Å². The summed E-state index contributed by atoms with van der Waals surface area (Å²) in [5.41, 5.74) is -0.390. The number of rotatable bonds is 0. The molecule has 0 radical (unpaired) electrons. The molecule has 1 amide bonds. The number of hydrogen-bond acceptors (Lipinski definition) is 2. The van der Waals surface area contributed by atoms with Crippen LogP contribution in [0.15, 0.2) is 0 Å². The Morgan fingerprint density at radius 3 is 2.00 bits per heavy atom. The van der Waals surface area contributed by atoms with Crippen molar-refractivity contribution in [2.24, 2.45) is 0 Å². The maximum atomic E-state index is 11.8. The van der Waals surface area contributed by atoms with E-state index in [-0.39, 0.29) is 11.7 Å². The van der Waals surface area contributed by atoms with Crippen molar-refractivity contribution in [2.45, 2.75) is 65.1 Å². The lowest BCUT2D eigenvalue weighted by Crippen LogP contribution is -2.42. The molecule has 1 aliphatic rings. The Hall–Kier alpha value is -0.730. The van der Waals surface area contributed by atoms with Gasteiger partial charge in [0.15, 0.2) is 0 Å². The molecule has 1 rings (SSSR count). The zero-order valence-electron chi connectivity index (χ0n) is 9.83. The van der Waals surface area contributed by atoms with E-state index in [1.807, 2.05) is 25.7 Å². The van der Waals surface area contributed by atoms with Gasteiger partial charge in [-0.2, -0.15) is 0 Å². The average molecular weight is 199 g/mol. The molecule has 3 nitrogen and oxygen atoms in total. The monoisotopic (exact) mass is 199 g/mol. The summed E-state index contributed by atoms with van der Waals surface area (Å²) in [5.74, 6) is 0. The minimum Gasteiger partial charge on any atom is -0.444 e. The molecule has 0 bridgehead atoms. The number of hydrogen-bond donors (Lipinski definition) is 0. The highest BCUT2D eigenvalue weighted by Gasteiger charge is 2.34. The summed E-state index contributed by atoms with van der Waals surface area (Å²) in [6, 6.07) is 0.639. The predicted octanol–water partition coefficient (Wildman–Crippen LogP) is 2.79. The number of carbonyl (C=O) groups is 1. The predicted molar refractivity (Wildman–Crippen MR) is 56.2 cm³/mol. The molecular formula is C11H21NO2. The van der Waals surface area contributed by atoms with Crippen LogP contribution in [0.1, 0.15) is 47.5 Å². The maximum Gasteiger partial charge on any atom is 0.410 e. The highest BCUT2D eigenvalue weighted by Crippen LogP contribution is 2.25. The summed E-state index contributed by atoms with van der Waals surface area (Å²) < 4.78 is 5.35. The number of carbonyl (C=O) groups excluding carboxylic acids is 1. The Morgan fingerprint density at radius 2 is 1.64 bits per heavy atom. The van der Waals surface area contributed by atoms with E-state index >= 15 is 0 Å². The summed E-state index contributed by atoms with van der Waals surface area (Å²) in [5, 5.41) is 0. The van der Waals surface area contributed by atoms with Gasteiger partial charge in [-0.25, -0.2) is 4.79 Å². The molecule has 0 saturated carbocycles. The Labute approximate surface area is 86.4 Å². The molecule has 0 N–H and O–H groups in total. The van der Waals surface area contributed by atoms with Crippen molar-refractivity contribution in [3.05, 3.63) is 0 Å². The van der Waals surface area contributed by atoms with Crippen molar-refractivity contribution < 1.29 is 9.53 Å². The van der Waals surface area contributed by atoms with Crippen molar-refractivity contribution in [3.8, 4) is 0 Å². The lowest BCUT2D eigenvalue weighted by Gasteiger charge is -2.29. The quantitative estimate of drug-likeness (QED) is 0.600. The van der Waals surface area contributed by atoms with Crippen LogP contribution in [0.5, 0.6) is 0 Å². The average Bonchev–Trinajstić information content (AvgIpc) is 2.27. The first-order valence-electron chi connectivity index (χ1n) is 5.32. The molecule has 14 heavy (non-hydrogen) atoms. The normalized spacial score (nSPS) is 27.9. The van der Waals surface area contributed by atoms with Crippen molar-refractivity contribution in [1.82, 2.24) is 4.90 Å². The lowest BCUT2D eigenvalue weighted by molar-refractivity contribution is 0.0175. The van der Waals surface area contributed by atoms with Crippen LogP contribution in [0.3, 0.4) is 0 Å². The molecular weight excluding hydrogens is 178 g/mol. The molecule has 0 aromatic heterocycles. The van der Waals surface area contributed by atoms with Crippen molar-refractivity contribution in [2.75, 3.05) is 0 Å². The SMILES string of the molecule is C[C@@H]1CC[C@H](C)N1C(=O)OC(C)(C)C. The van der Waals surface area contributed by atoms with Gasteiger partial charge in [0.25, 0.3) is 0 Å². The fourth-order valence-electron chi connectivity index (χ4n) is 1.87. The highest BCUT2D eigenvalue weighted by molar-refractivity contribution is 5.69. The van der Waals surface area contributed by atoms with Gasteiger partial charge in [0.05, 0.1) is 0 Å². The second-order valence-corrected chi connectivity index (χ2v) is 5.16. The Morgan fingerprint density at radius 1 is 1.21 bits per heavy atom. The summed E-state index contributed by atoms with van der Waals surface area (Å²) >= 11 is 0. The smallest absolute Gasteiger partial charge is 0.410 e. The number of nitrogens with zero attached hydrogens (tertiary/aromatic N) is 1. The molecule has 3 heteroatoms. The van der Waals surface area contributed by atoms with E-state index in [0.717, 1.165) is 12.8 Å². The fourth-order valence-corrected chi connectivity index (χ4v) is 1.87. The highest BCUT2D eigenvalue weighted by atomic mass is 16.6. The van der Waals surface area contributed by atoms with Gasteiger partial charge in [-0.05, 0) is 47.5 Å². The molecule has 2 atom stereocenters. The van der Waals surface area contributed by atoms with Gasteiger partial charge < -0.3 is 9.64 Å². The summed E-state index contributed by atoms with van der Waals surface area (Å²) in [7, 11) is 0. The van der Waals surface area contributed by atoms with Crippen LogP contribution in [0.2, 0.25) is 0 Å². The third-order valence-electron chi connectivity index (χ3n) is 2.56.